The number of rotatable bonds is 4. The molecule has 0 unspecified atom stereocenters. The van der Waals surface area contributed by atoms with E-state index in [0.717, 1.165) is 24.3 Å². The van der Waals surface area contributed by atoms with Crippen LogP contribution >= 0.6 is 11.3 Å². The molecule has 0 N–H and O–H groups in total. The van der Waals surface area contributed by atoms with Gasteiger partial charge in [0.2, 0.25) is 0 Å². The summed E-state index contributed by atoms with van der Waals surface area (Å²) in [4.78, 5) is 11.7. The summed E-state index contributed by atoms with van der Waals surface area (Å²) in [6.45, 7) is 3.70. The predicted molar refractivity (Wildman–Crippen MR) is 71.0 cm³/mol. The van der Waals surface area contributed by atoms with Crippen molar-refractivity contribution in [1.29, 1.82) is 5.26 Å². The first-order valence-corrected chi connectivity index (χ1v) is 6.49. The van der Waals surface area contributed by atoms with Crippen LogP contribution < -0.4 is 0 Å². The fourth-order valence-electron chi connectivity index (χ4n) is 1.72. The molecule has 0 saturated heterocycles. The van der Waals surface area contributed by atoms with E-state index in [1.165, 1.54) is 4.88 Å². The summed E-state index contributed by atoms with van der Waals surface area (Å²) >= 11 is 1.68. The molecule has 0 radical (unpaired) electrons. The van der Waals surface area contributed by atoms with Gasteiger partial charge in [-0.15, -0.1) is 11.3 Å². The molecule has 2 aromatic rings. The Morgan fingerprint density at radius 3 is 2.89 bits per heavy atom. The highest BCUT2D eigenvalue weighted by atomic mass is 32.1. The van der Waals surface area contributed by atoms with Crippen LogP contribution in [0.25, 0.3) is 0 Å². The molecule has 2 aromatic heterocycles. The lowest BCUT2D eigenvalue weighted by Gasteiger charge is -2.15. The van der Waals surface area contributed by atoms with Crippen molar-refractivity contribution in [2.75, 3.05) is 7.05 Å². The Bertz CT molecular complexity index is 570. The molecular formula is C13H14N4S. The minimum absolute atomic E-state index is 0.467. The Morgan fingerprint density at radius 2 is 2.22 bits per heavy atom. The van der Waals surface area contributed by atoms with Crippen LogP contribution in [0, 0.1) is 18.3 Å². The number of hydrogen-bond donors (Lipinski definition) is 0. The quantitative estimate of drug-likeness (QED) is 0.844. The number of nitriles is 1. The SMILES string of the molecule is Cc1ncsc1CN(C)Cc1ccnc(C#N)c1. The third kappa shape index (κ3) is 3.13. The summed E-state index contributed by atoms with van der Waals surface area (Å²) in [5.74, 6) is 0. The van der Waals surface area contributed by atoms with Crippen LogP contribution in [0.3, 0.4) is 0 Å². The van der Waals surface area contributed by atoms with E-state index in [9.17, 15) is 0 Å². The van der Waals surface area contributed by atoms with Gasteiger partial charge in [-0.05, 0) is 31.7 Å². The number of nitrogens with zero attached hydrogens (tertiary/aromatic N) is 4. The lowest BCUT2D eigenvalue weighted by molar-refractivity contribution is 0.321. The van der Waals surface area contributed by atoms with Crippen LogP contribution in [0.1, 0.15) is 21.8 Å². The van der Waals surface area contributed by atoms with E-state index >= 15 is 0 Å². The fraction of sp³-hybridized carbons (Fsp3) is 0.308. The number of thiazole rings is 1. The predicted octanol–water partition coefficient (Wildman–Crippen LogP) is 2.35. The number of aryl methyl sites for hydroxylation is 1. The maximum absolute atomic E-state index is 8.81. The molecule has 0 aromatic carbocycles. The Kier molecular flexibility index (Phi) is 4.03. The molecule has 0 aliphatic carbocycles. The summed E-state index contributed by atoms with van der Waals surface area (Å²) in [5, 5.41) is 8.81. The van der Waals surface area contributed by atoms with Crippen molar-refractivity contribution in [3.8, 4) is 6.07 Å². The van der Waals surface area contributed by atoms with Crippen LogP contribution in [0.5, 0.6) is 0 Å². The summed E-state index contributed by atoms with van der Waals surface area (Å²) < 4.78 is 0. The van der Waals surface area contributed by atoms with Gasteiger partial charge in [-0.1, -0.05) is 0 Å². The molecule has 0 fully saturated rings. The van der Waals surface area contributed by atoms with E-state index in [0.29, 0.717) is 5.69 Å². The topological polar surface area (TPSA) is 52.8 Å². The maximum Gasteiger partial charge on any atom is 0.140 e. The summed E-state index contributed by atoms with van der Waals surface area (Å²) in [7, 11) is 2.06. The van der Waals surface area contributed by atoms with Gasteiger partial charge in [0.1, 0.15) is 11.8 Å². The molecule has 2 heterocycles. The highest BCUT2D eigenvalue weighted by molar-refractivity contribution is 7.09. The maximum atomic E-state index is 8.81. The zero-order valence-electron chi connectivity index (χ0n) is 10.4. The summed E-state index contributed by atoms with van der Waals surface area (Å²) in [6, 6.07) is 5.83. The van der Waals surface area contributed by atoms with Crippen molar-refractivity contribution in [3.05, 3.63) is 45.7 Å². The van der Waals surface area contributed by atoms with Crippen LogP contribution in [0.2, 0.25) is 0 Å². The van der Waals surface area contributed by atoms with E-state index in [2.05, 4.69) is 28.0 Å². The molecule has 0 saturated carbocycles. The number of pyridine rings is 1. The molecule has 92 valence electrons. The third-order valence-electron chi connectivity index (χ3n) is 2.65. The minimum Gasteiger partial charge on any atom is -0.297 e. The van der Waals surface area contributed by atoms with Crippen molar-refractivity contribution in [2.24, 2.45) is 0 Å². The van der Waals surface area contributed by atoms with Crippen molar-refractivity contribution >= 4 is 11.3 Å². The Hall–Kier alpha value is -1.77. The van der Waals surface area contributed by atoms with Crippen LogP contribution in [-0.4, -0.2) is 21.9 Å². The van der Waals surface area contributed by atoms with Gasteiger partial charge in [-0.2, -0.15) is 5.26 Å². The molecule has 0 amide bonds. The highest BCUT2D eigenvalue weighted by Gasteiger charge is 2.06. The summed E-state index contributed by atoms with van der Waals surface area (Å²) in [6.07, 6.45) is 1.68. The molecule has 0 atom stereocenters. The first kappa shape index (κ1) is 12.7. The van der Waals surface area contributed by atoms with E-state index < -0.39 is 0 Å². The number of hydrogen-bond acceptors (Lipinski definition) is 5. The van der Waals surface area contributed by atoms with E-state index in [-0.39, 0.29) is 0 Å². The molecule has 2 rings (SSSR count). The van der Waals surface area contributed by atoms with Gasteiger partial charge in [0.15, 0.2) is 0 Å². The Morgan fingerprint density at radius 1 is 1.39 bits per heavy atom. The molecule has 18 heavy (non-hydrogen) atoms. The van der Waals surface area contributed by atoms with Crippen molar-refractivity contribution < 1.29 is 0 Å². The van der Waals surface area contributed by atoms with Crippen LogP contribution in [0.4, 0.5) is 0 Å². The van der Waals surface area contributed by atoms with E-state index in [1.54, 1.807) is 17.5 Å². The second-order valence-corrected chi connectivity index (χ2v) is 5.13. The van der Waals surface area contributed by atoms with Gasteiger partial charge < -0.3 is 0 Å². The van der Waals surface area contributed by atoms with Crippen molar-refractivity contribution in [1.82, 2.24) is 14.9 Å². The molecule has 0 aliphatic rings. The zero-order valence-corrected chi connectivity index (χ0v) is 11.2. The lowest BCUT2D eigenvalue weighted by Crippen LogP contribution is -2.17. The fourth-order valence-corrected chi connectivity index (χ4v) is 2.58. The Labute approximate surface area is 111 Å². The standard InChI is InChI=1S/C13H14N4S/c1-10-13(18-9-16-10)8-17(2)7-11-3-4-15-12(5-11)6-14/h3-5,9H,7-8H2,1-2H3. The monoisotopic (exact) mass is 258 g/mol. The van der Waals surface area contributed by atoms with Gasteiger partial charge in [0, 0.05) is 24.2 Å². The highest BCUT2D eigenvalue weighted by Crippen LogP contribution is 2.15. The van der Waals surface area contributed by atoms with Gasteiger partial charge >= 0.3 is 0 Å². The first-order chi connectivity index (χ1) is 8.69. The van der Waals surface area contributed by atoms with Gasteiger partial charge in [0.05, 0.1) is 11.2 Å². The average Bonchev–Trinajstić information content (AvgIpc) is 2.75. The normalized spacial score (nSPS) is 10.6. The van der Waals surface area contributed by atoms with Gasteiger partial charge in [0.25, 0.3) is 0 Å². The van der Waals surface area contributed by atoms with Gasteiger partial charge in [-0.3, -0.25) is 4.90 Å². The number of aromatic nitrogens is 2. The molecule has 5 heteroatoms. The van der Waals surface area contributed by atoms with Crippen LogP contribution in [0.15, 0.2) is 23.8 Å². The molecule has 0 aliphatic heterocycles. The van der Waals surface area contributed by atoms with Crippen molar-refractivity contribution in [3.63, 3.8) is 0 Å². The third-order valence-corrected chi connectivity index (χ3v) is 3.57. The van der Waals surface area contributed by atoms with E-state index in [1.807, 2.05) is 24.6 Å². The molecule has 4 nitrogen and oxygen atoms in total. The Balaban J connectivity index is 2.01. The molecule has 0 spiro atoms. The first-order valence-electron chi connectivity index (χ1n) is 5.61. The van der Waals surface area contributed by atoms with Crippen LogP contribution in [-0.2, 0) is 13.1 Å². The average molecular weight is 258 g/mol. The van der Waals surface area contributed by atoms with Crippen molar-refractivity contribution in [2.45, 2.75) is 20.0 Å². The smallest absolute Gasteiger partial charge is 0.140 e. The zero-order chi connectivity index (χ0) is 13.0. The summed E-state index contributed by atoms with van der Waals surface area (Å²) in [5.41, 5.74) is 4.54. The van der Waals surface area contributed by atoms with Gasteiger partial charge in [-0.25, -0.2) is 9.97 Å². The minimum atomic E-state index is 0.467. The molecular weight excluding hydrogens is 244 g/mol. The largest absolute Gasteiger partial charge is 0.297 e. The molecule has 0 bridgehead atoms. The second-order valence-electron chi connectivity index (χ2n) is 4.19. The lowest BCUT2D eigenvalue weighted by atomic mass is 10.2. The second kappa shape index (κ2) is 5.71. The van der Waals surface area contributed by atoms with E-state index in [4.69, 9.17) is 5.26 Å².